The van der Waals surface area contributed by atoms with Gasteiger partial charge in [0.05, 0.1) is 5.69 Å². The van der Waals surface area contributed by atoms with Crippen LogP contribution in [-0.4, -0.2) is 9.55 Å². The Balaban J connectivity index is 2.27. The topological polar surface area (TPSA) is 43.8 Å². The third-order valence-electron chi connectivity index (χ3n) is 3.23. The molecule has 1 aromatic rings. The number of nitrogens with zero attached hydrogens (tertiary/aromatic N) is 2. The number of hydrogen-bond donors (Lipinski definition) is 1. The van der Waals surface area contributed by atoms with Gasteiger partial charge in [0.1, 0.15) is 11.6 Å². The number of hydrogen-bond acceptors (Lipinski definition) is 2. The molecule has 14 heavy (non-hydrogen) atoms. The van der Waals surface area contributed by atoms with Gasteiger partial charge in [0.2, 0.25) is 0 Å². The highest BCUT2D eigenvalue weighted by molar-refractivity contribution is 5.41. The summed E-state index contributed by atoms with van der Waals surface area (Å²) in [7, 11) is 2.02. The van der Waals surface area contributed by atoms with Crippen molar-refractivity contribution in [1.29, 1.82) is 0 Å². The second kappa shape index (κ2) is 3.64. The van der Waals surface area contributed by atoms with Gasteiger partial charge in [-0.15, -0.1) is 0 Å². The largest absolute Gasteiger partial charge is 0.384 e. The smallest absolute Gasteiger partial charge is 0.126 e. The van der Waals surface area contributed by atoms with Crippen molar-refractivity contribution in [1.82, 2.24) is 9.55 Å². The lowest BCUT2D eigenvalue weighted by atomic mass is 9.83. The molecule has 0 saturated heterocycles. The minimum atomic E-state index is 0.645. The van der Waals surface area contributed by atoms with Crippen molar-refractivity contribution in [3.63, 3.8) is 0 Å². The lowest BCUT2D eigenvalue weighted by molar-refractivity contribution is 0.413. The fourth-order valence-corrected chi connectivity index (χ4v) is 2.01. The maximum Gasteiger partial charge on any atom is 0.126 e. The first-order valence-corrected chi connectivity index (χ1v) is 5.55. The molecule has 0 aliphatic heterocycles. The van der Waals surface area contributed by atoms with Crippen LogP contribution in [0, 0.1) is 0 Å². The molecule has 0 atom stereocenters. The van der Waals surface area contributed by atoms with Crippen molar-refractivity contribution in [2.24, 2.45) is 7.05 Å². The van der Waals surface area contributed by atoms with Crippen LogP contribution in [0.25, 0.3) is 0 Å². The van der Waals surface area contributed by atoms with E-state index in [-0.39, 0.29) is 0 Å². The fraction of sp³-hybridized carbons (Fsp3) is 0.727. The summed E-state index contributed by atoms with van der Waals surface area (Å²) in [5.74, 6) is 2.68. The average Bonchev–Trinajstić information content (AvgIpc) is 2.32. The highest BCUT2D eigenvalue weighted by atomic mass is 15.1. The zero-order valence-corrected chi connectivity index (χ0v) is 9.08. The summed E-state index contributed by atoms with van der Waals surface area (Å²) in [6.45, 7) is 2.17. The average molecular weight is 193 g/mol. The Kier molecular flexibility index (Phi) is 2.48. The molecule has 0 radical (unpaired) electrons. The van der Waals surface area contributed by atoms with E-state index in [4.69, 9.17) is 5.73 Å². The van der Waals surface area contributed by atoms with E-state index < -0.39 is 0 Å². The molecule has 0 aromatic carbocycles. The van der Waals surface area contributed by atoms with E-state index in [9.17, 15) is 0 Å². The summed E-state index contributed by atoms with van der Waals surface area (Å²) in [5.41, 5.74) is 7.20. The van der Waals surface area contributed by atoms with Gasteiger partial charge in [-0.2, -0.15) is 0 Å². The van der Waals surface area contributed by atoms with E-state index in [1.165, 1.54) is 19.3 Å². The molecule has 1 fully saturated rings. The molecule has 1 aliphatic rings. The highest BCUT2D eigenvalue weighted by Crippen LogP contribution is 2.38. The van der Waals surface area contributed by atoms with Crippen molar-refractivity contribution < 1.29 is 0 Å². The van der Waals surface area contributed by atoms with Crippen molar-refractivity contribution in [2.45, 2.75) is 44.9 Å². The number of aryl methyl sites for hydroxylation is 1. The molecule has 0 amide bonds. The first kappa shape index (κ1) is 9.56. The van der Waals surface area contributed by atoms with Gasteiger partial charge < -0.3 is 10.3 Å². The highest BCUT2D eigenvalue weighted by Gasteiger charge is 2.25. The minimum absolute atomic E-state index is 0.645. The molecule has 2 rings (SSSR count). The molecule has 78 valence electrons. The lowest BCUT2D eigenvalue weighted by Crippen LogP contribution is -2.11. The van der Waals surface area contributed by atoms with Crippen LogP contribution in [0.3, 0.4) is 0 Å². The second-order valence-electron chi connectivity index (χ2n) is 4.24. The first-order valence-electron chi connectivity index (χ1n) is 5.55. The Hall–Kier alpha value is -0.990. The van der Waals surface area contributed by atoms with Crippen molar-refractivity contribution in [3.05, 3.63) is 11.5 Å². The molecule has 1 aromatic heterocycles. The van der Waals surface area contributed by atoms with Crippen LogP contribution in [-0.2, 0) is 13.5 Å². The van der Waals surface area contributed by atoms with Crippen molar-refractivity contribution in [3.8, 4) is 0 Å². The molecular formula is C11H19N3. The molecule has 3 heteroatoms. The Labute approximate surface area is 85.3 Å². The van der Waals surface area contributed by atoms with Crippen LogP contribution < -0.4 is 5.73 Å². The molecule has 3 nitrogen and oxygen atoms in total. The summed E-state index contributed by atoms with van der Waals surface area (Å²) in [6.07, 6.45) is 6.05. The van der Waals surface area contributed by atoms with Gasteiger partial charge in [0.15, 0.2) is 0 Å². The van der Waals surface area contributed by atoms with Crippen LogP contribution in [0.5, 0.6) is 0 Å². The van der Waals surface area contributed by atoms with Crippen LogP contribution in [0.1, 0.15) is 50.0 Å². The van der Waals surface area contributed by atoms with Gasteiger partial charge in [-0.1, -0.05) is 13.3 Å². The zero-order chi connectivity index (χ0) is 10.1. The Morgan fingerprint density at radius 1 is 1.50 bits per heavy atom. The van der Waals surface area contributed by atoms with Gasteiger partial charge in [-0.25, -0.2) is 4.98 Å². The monoisotopic (exact) mass is 193 g/mol. The van der Waals surface area contributed by atoms with Gasteiger partial charge >= 0.3 is 0 Å². The van der Waals surface area contributed by atoms with E-state index in [0.717, 1.165) is 30.2 Å². The van der Waals surface area contributed by atoms with Crippen molar-refractivity contribution >= 4 is 5.82 Å². The normalized spacial score (nSPS) is 17.0. The zero-order valence-electron chi connectivity index (χ0n) is 9.08. The van der Waals surface area contributed by atoms with Gasteiger partial charge in [0.25, 0.3) is 0 Å². The Morgan fingerprint density at radius 2 is 2.21 bits per heavy atom. The minimum Gasteiger partial charge on any atom is -0.384 e. The Morgan fingerprint density at radius 3 is 2.71 bits per heavy atom. The van der Waals surface area contributed by atoms with Gasteiger partial charge in [0, 0.05) is 19.4 Å². The van der Waals surface area contributed by atoms with E-state index in [1.807, 2.05) is 7.05 Å². The van der Waals surface area contributed by atoms with Gasteiger partial charge in [-0.3, -0.25) is 0 Å². The predicted molar refractivity (Wildman–Crippen MR) is 58.2 cm³/mol. The summed E-state index contributed by atoms with van der Waals surface area (Å²) in [5, 5.41) is 0. The number of anilines is 1. The third kappa shape index (κ3) is 1.41. The predicted octanol–water partition coefficient (Wildman–Crippen LogP) is 2.22. The molecule has 1 aliphatic carbocycles. The first-order chi connectivity index (χ1) is 6.74. The van der Waals surface area contributed by atoms with E-state index in [2.05, 4.69) is 16.5 Å². The number of rotatable bonds is 3. The molecule has 1 heterocycles. The molecule has 0 unspecified atom stereocenters. The summed E-state index contributed by atoms with van der Waals surface area (Å²) < 4.78 is 2.05. The molecule has 2 N–H and O–H groups in total. The van der Waals surface area contributed by atoms with Crippen LogP contribution >= 0.6 is 0 Å². The standard InChI is InChI=1S/C11H19N3/c1-3-5-9-13-10(8-6-4-7-8)11(12)14(9)2/h8H,3-7,12H2,1-2H3. The van der Waals surface area contributed by atoms with Crippen LogP contribution in [0.15, 0.2) is 0 Å². The number of nitrogen functional groups attached to an aromatic ring is 1. The quantitative estimate of drug-likeness (QED) is 0.800. The number of nitrogens with two attached hydrogens (primary N) is 1. The fourth-order valence-electron chi connectivity index (χ4n) is 2.01. The second-order valence-corrected chi connectivity index (χ2v) is 4.24. The SMILES string of the molecule is CCCc1nc(C2CCC2)c(N)n1C. The molecular weight excluding hydrogens is 174 g/mol. The lowest BCUT2D eigenvalue weighted by Gasteiger charge is -2.23. The van der Waals surface area contributed by atoms with E-state index in [1.54, 1.807) is 0 Å². The van der Waals surface area contributed by atoms with E-state index >= 15 is 0 Å². The molecule has 0 bridgehead atoms. The maximum absolute atomic E-state index is 6.04. The Bertz CT molecular complexity index is 324. The molecule has 1 saturated carbocycles. The van der Waals surface area contributed by atoms with Crippen molar-refractivity contribution in [2.75, 3.05) is 5.73 Å². The summed E-state index contributed by atoms with van der Waals surface area (Å²) in [4.78, 5) is 4.66. The number of imidazole rings is 1. The molecule has 0 spiro atoms. The summed E-state index contributed by atoms with van der Waals surface area (Å²) >= 11 is 0. The number of aromatic nitrogens is 2. The van der Waals surface area contributed by atoms with Gasteiger partial charge in [-0.05, 0) is 19.3 Å². The van der Waals surface area contributed by atoms with E-state index in [0.29, 0.717) is 5.92 Å². The van der Waals surface area contributed by atoms with Crippen LogP contribution in [0.2, 0.25) is 0 Å². The maximum atomic E-state index is 6.04. The third-order valence-corrected chi connectivity index (χ3v) is 3.23. The van der Waals surface area contributed by atoms with Crippen LogP contribution in [0.4, 0.5) is 5.82 Å². The summed E-state index contributed by atoms with van der Waals surface area (Å²) in [6, 6.07) is 0.